The van der Waals surface area contributed by atoms with Crippen LogP contribution in [0.5, 0.6) is 0 Å². The van der Waals surface area contributed by atoms with Gasteiger partial charge in [-0.3, -0.25) is 9.32 Å². The fraction of sp³-hybridized carbons (Fsp3) is 0.909. The van der Waals surface area contributed by atoms with Gasteiger partial charge in [0.2, 0.25) is 5.91 Å². The number of ether oxygens (including phenoxy) is 4. The first-order valence-electron chi connectivity index (χ1n) is 12.9. The van der Waals surface area contributed by atoms with Crippen LogP contribution in [0.4, 0.5) is 4.79 Å². The smallest absolute Gasteiger partial charge is 0.388 e. The summed E-state index contributed by atoms with van der Waals surface area (Å²) in [4.78, 5) is 40.4. The van der Waals surface area contributed by atoms with Crippen LogP contribution in [0.3, 0.4) is 0 Å². The standard InChI is InChI=1S/C22H42N3O11PS/c26-17(15-36-37(29,30)31)14-35-13-12-34-11-10-33-9-8-32-7-3-6-23-20(27)5-2-1-4-19-21-18(16-38-19)24-22(28)25-21/h17-19,21,26H,1-16H2,(H,23,27)(H2,24,25,28)(H2,29,30,31)/t17?,18-,19-,21-/m0/s1. The second-order valence-electron chi connectivity index (χ2n) is 8.92. The summed E-state index contributed by atoms with van der Waals surface area (Å²) in [6.45, 7) is 2.61. The molecule has 2 aliphatic heterocycles. The molecule has 2 heterocycles. The summed E-state index contributed by atoms with van der Waals surface area (Å²) in [6, 6.07) is 0.386. The molecule has 0 spiro atoms. The van der Waals surface area contributed by atoms with Crippen molar-refractivity contribution in [2.45, 2.75) is 55.5 Å². The Hall–Kier alpha value is -1.00. The van der Waals surface area contributed by atoms with Crippen molar-refractivity contribution in [3.8, 4) is 0 Å². The predicted octanol–water partition coefficient (Wildman–Crippen LogP) is -0.245. The molecule has 38 heavy (non-hydrogen) atoms. The molecule has 16 heteroatoms. The lowest BCUT2D eigenvalue weighted by Gasteiger charge is -2.16. The van der Waals surface area contributed by atoms with Gasteiger partial charge in [-0.1, -0.05) is 6.42 Å². The van der Waals surface area contributed by atoms with Gasteiger partial charge in [-0.15, -0.1) is 0 Å². The maximum Gasteiger partial charge on any atom is 0.469 e. The highest BCUT2D eigenvalue weighted by atomic mass is 32.2. The van der Waals surface area contributed by atoms with Gasteiger partial charge in [-0.25, -0.2) is 9.36 Å². The van der Waals surface area contributed by atoms with Crippen molar-refractivity contribution in [3.05, 3.63) is 0 Å². The van der Waals surface area contributed by atoms with E-state index in [0.717, 1.165) is 31.4 Å². The highest BCUT2D eigenvalue weighted by Crippen LogP contribution is 2.35. The number of thioether (sulfide) groups is 1. The van der Waals surface area contributed by atoms with Crippen molar-refractivity contribution >= 4 is 31.5 Å². The van der Waals surface area contributed by atoms with Crippen LogP contribution in [0.2, 0.25) is 0 Å². The molecule has 222 valence electrons. The Morgan fingerprint density at radius 1 is 0.974 bits per heavy atom. The summed E-state index contributed by atoms with van der Waals surface area (Å²) < 4.78 is 36.0. The van der Waals surface area contributed by atoms with E-state index in [1.165, 1.54) is 0 Å². The van der Waals surface area contributed by atoms with Crippen LogP contribution < -0.4 is 16.0 Å². The Morgan fingerprint density at radius 3 is 2.32 bits per heavy atom. The summed E-state index contributed by atoms with van der Waals surface area (Å²) in [5, 5.41) is 18.7. The zero-order chi connectivity index (χ0) is 27.6. The van der Waals surface area contributed by atoms with E-state index in [4.69, 9.17) is 28.7 Å². The third-order valence-electron chi connectivity index (χ3n) is 5.73. The fourth-order valence-corrected chi connectivity index (χ4v) is 5.78. The van der Waals surface area contributed by atoms with Crippen molar-refractivity contribution in [1.29, 1.82) is 0 Å². The van der Waals surface area contributed by atoms with E-state index >= 15 is 0 Å². The second-order valence-corrected chi connectivity index (χ2v) is 11.4. The molecular weight excluding hydrogens is 545 g/mol. The van der Waals surface area contributed by atoms with Gasteiger partial charge in [0.05, 0.1) is 64.9 Å². The largest absolute Gasteiger partial charge is 0.469 e. The van der Waals surface area contributed by atoms with Gasteiger partial charge in [0, 0.05) is 30.6 Å². The summed E-state index contributed by atoms with van der Waals surface area (Å²) in [5.74, 6) is 1.00. The third-order valence-corrected chi connectivity index (χ3v) is 7.72. The van der Waals surface area contributed by atoms with Crippen molar-refractivity contribution in [2.75, 3.05) is 71.8 Å². The molecule has 3 amide bonds. The van der Waals surface area contributed by atoms with E-state index in [0.29, 0.717) is 51.2 Å². The first-order valence-corrected chi connectivity index (χ1v) is 15.5. The molecule has 14 nitrogen and oxygen atoms in total. The Bertz CT molecular complexity index is 733. The lowest BCUT2D eigenvalue weighted by Crippen LogP contribution is -2.36. The monoisotopic (exact) mass is 587 g/mol. The van der Waals surface area contributed by atoms with Crippen molar-refractivity contribution in [1.82, 2.24) is 16.0 Å². The summed E-state index contributed by atoms with van der Waals surface area (Å²) in [6.07, 6.45) is 2.91. The van der Waals surface area contributed by atoms with Crippen LogP contribution >= 0.6 is 19.6 Å². The zero-order valence-electron chi connectivity index (χ0n) is 21.6. The molecule has 0 saturated carbocycles. The quantitative estimate of drug-likeness (QED) is 0.0522. The number of aliphatic hydroxyl groups excluding tert-OH is 1. The fourth-order valence-electron chi connectivity index (χ4n) is 3.87. The Kier molecular flexibility index (Phi) is 16.7. The van der Waals surface area contributed by atoms with Gasteiger partial charge in [0.1, 0.15) is 6.10 Å². The number of aliphatic hydroxyl groups is 1. The zero-order valence-corrected chi connectivity index (χ0v) is 23.3. The minimum Gasteiger partial charge on any atom is -0.388 e. The number of fused-ring (bicyclic) bond motifs is 1. The molecule has 0 aromatic rings. The molecule has 0 aliphatic carbocycles. The van der Waals surface area contributed by atoms with Crippen molar-refractivity contribution in [3.63, 3.8) is 0 Å². The molecule has 2 saturated heterocycles. The van der Waals surface area contributed by atoms with Crippen molar-refractivity contribution in [2.24, 2.45) is 0 Å². The molecule has 0 aromatic carbocycles. The molecule has 0 radical (unpaired) electrons. The van der Waals surface area contributed by atoms with Crippen LogP contribution in [0, 0.1) is 0 Å². The second kappa shape index (κ2) is 19.1. The lowest BCUT2D eigenvalue weighted by atomic mass is 10.0. The number of phosphoric ester groups is 1. The number of hydrogen-bond acceptors (Lipinski definition) is 10. The normalized spacial score (nSPS) is 21.7. The first kappa shape index (κ1) is 33.2. The molecule has 0 bridgehead atoms. The van der Waals surface area contributed by atoms with Crippen LogP contribution in [-0.2, 0) is 32.8 Å². The molecule has 6 N–H and O–H groups in total. The Labute approximate surface area is 227 Å². The number of urea groups is 1. The van der Waals surface area contributed by atoms with Gasteiger partial charge in [0.25, 0.3) is 0 Å². The topological polar surface area (TPSA) is 194 Å². The Balaban J connectivity index is 1.26. The van der Waals surface area contributed by atoms with E-state index in [9.17, 15) is 19.3 Å². The van der Waals surface area contributed by atoms with Gasteiger partial charge in [-0.05, 0) is 19.3 Å². The number of hydrogen-bond donors (Lipinski definition) is 6. The van der Waals surface area contributed by atoms with E-state index in [-0.39, 0.29) is 43.8 Å². The summed E-state index contributed by atoms with van der Waals surface area (Å²) in [5.41, 5.74) is 0. The molecule has 0 aromatic heterocycles. The Morgan fingerprint density at radius 2 is 1.63 bits per heavy atom. The maximum atomic E-state index is 12.0. The molecule has 1 unspecified atom stereocenters. The highest BCUT2D eigenvalue weighted by Gasteiger charge is 2.42. The number of phosphoric acid groups is 1. The minimum absolute atomic E-state index is 0.0524. The van der Waals surface area contributed by atoms with E-state index in [1.807, 2.05) is 11.8 Å². The average molecular weight is 588 g/mol. The van der Waals surface area contributed by atoms with Crippen LogP contribution in [0.1, 0.15) is 32.1 Å². The number of unbranched alkanes of at least 4 members (excludes halogenated alkanes) is 1. The number of rotatable bonds is 23. The highest BCUT2D eigenvalue weighted by molar-refractivity contribution is 8.00. The molecule has 2 rings (SSSR count). The van der Waals surface area contributed by atoms with Gasteiger partial charge in [0.15, 0.2) is 0 Å². The van der Waals surface area contributed by atoms with E-state index in [1.54, 1.807) is 0 Å². The van der Waals surface area contributed by atoms with Gasteiger partial charge in [-0.2, -0.15) is 11.8 Å². The molecule has 4 atom stereocenters. The number of nitrogens with one attached hydrogen (secondary N) is 3. The van der Waals surface area contributed by atoms with Crippen LogP contribution in [0.15, 0.2) is 0 Å². The number of carbonyl (C=O) groups is 2. The number of amides is 3. The summed E-state index contributed by atoms with van der Waals surface area (Å²) in [7, 11) is -4.60. The van der Waals surface area contributed by atoms with Crippen molar-refractivity contribution < 1.29 is 52.5 Å². The average Bonchev–Trinajstić information content (AvgIpc) is 3.41. The van der Waals surface area contributed by atoms with Gasteiger partial charge < -0.3 is 49.8 Å². The predicted molar refractivity (Wildman–Crippen MR) is 139 cm³/mol. The van der Waals surface area contributed by atoms with Crippen LogP contribution in [0.25, 0.3) is 0 Å². The molecule has 2 aliphatic rings. The summed E-state index contributed by atoms with van der Waals surface area (Å²) >= 11 is 1.89. The molecule has 2 fully saturated rings. The van der Waals surface area contributed by atoms with E-state index in [2.05, 4.69) is 20.5 Å². The van der Waals surface area contributed by atoms with Crippen LogP contribution in [-0.4, -0.2) is 122 Å². The lowest BCUT2D eigenvalue weighted by molar-refractivity contribution is -0.121. The first-order chi connectivity index (χ1) is 18.2. The third kappa shape index (κ3) is 15.6. The maximum absolute atomic E-state index is 12.0. The van der Waals surface area contributed by atoms with Gasteiger partial charge >= 0.3 is 13.9 Å². The van der Waals surface area contributed by atoms with E-state index < -0.39 is 20.5 Å². The number of carbonyl (C=O) groups excluding carboxylic acids is 2. The minimum atomic E-state index is -4.60. The molecular formula is C22H42N3O11PS. The SMILES string of the molecule is O=C(CCCC[C@@H]1SC[C@@H]2NC(=O)N[C@@H]21)NCCCOCCOCCOCCOCC(O)COP(=O)(O)O.